The van der Waals surface area contributed by atoms with Crippen molar-refractivity contribution in [2.75, 3.05) is 0 Å². The molecule has 150 valence electrons. The van der Waals surface area contributed by atoms with Crippen LogP contribution in [0.15, 0.2) is 61.6 Å². The van der Waals surface area contributed by atoms with E-state index in [4.69, 9.17) is 21.1 Å². The Bertz CT molecular complexity index is 1410. The molecule has 10 heteroatoms. The summed E-state index contributed by atoms with van der Waals surface area (Å²) in [5.74, 6) is 1.33. The third-order valence-corrected chi connectivity index (χ3v) is 7.46. The molecule has 0 unspecified atom stereocenters. The SMILES string of the molecule is Cn1c(SCc2nc(-c3cccc(Cl)c3)no2)nc2scc(-c3cccs3)c2c1=O. The maximum absolute atomic E-state index is 13.0. The highest BCUT2D eigenvalue weighted by molar-refractivity contribution is 7.98. The van der Waals surface area contributed by atoms with E-state index in [0.717, 1.165) is 20.8 Å². The highest BCUT2D eigenvalue weighted by Gasteiger charge is 2.17. The van der Waals surface area contributed by atoms with Crippen molar-refractivity contribution in [3.05, 3.63) is 68.4 Å². The Morgan fingerprint density at radius 1 is 1.20 bits per heavy atom. The fourth-order valence-corrected chi connectivity index (χ4v) is 5.78. The van der Waals surface area contributed by atoms with Gasteiger partial charge in [-0.15, -0.1) is 22.7 Å². The van der Waals surface area contributed by atoms with E-state index in [-0.39, 0.29) is 5.56 Å². The minimum atomic E-state index is -0.0581. The molecule has 0 aliphatic rings. The van der Waals surface area contributed by atoms with E-state index in [1.165, 1.54) is 23.1 Å². The van der Waals surface area contributed by atoms with E-state index in [9.17, 15) is 4.79 Å². The second-order valence-corrected chi connectivity index (χ2v) is 9.56. The van der Waals surface area contributed by atoms with E-state index >= 15 is 0 Å². The maximum Gasteiger partial charge on any atom is 0.263 e. The topological polar surface area (TPSA) is 73.8 Å². The van der Waals surface area contributed by atoms with Crippen LogP contribution in [-0.2, 0) is 12.8 Å². The number of thioether (sulfide) groups is 1. The molecule has 5 aromatic rings. The smallest absolute Gasteiger partial charge is 0.263 e. The Balaban J connectivity index is 1.41. The van der Waals surface area contributed by atoms with E-state index < -0.39 is 0 Å². The first-order valence-corrected chi connectivity index (χ1v) is 12.0. The average Bonchev–Trinajstić information content (AvgIpc) is 3.50. The molecule has 0 radical (unpaired) electrons. The van der Waals surface area contributed by atoms with E-state index in [2.05, 4.69) is 10.1 Å². The van der Waals surface area contributed by atoms with Crippen LogP contribution in [0.5, 0.6) is 0 Å². The van der Waals surface area contributed by atoms with Crippen molar-refractivity contribution >= 4 is 56.3 Å². The third-order valence-electron chi connectivity index (χ3n) is 4.44. The summed E-state index contributed by atoms with van der Waals surface area (Å²) < 4.78 is 6.93. The number of fused-ring (bicyclic) bond motifs is 1. The molecular formula is C20H13ClN4O2S3. The average molecular weight is 473 g/mol. The van der Waals surface area contributed by atoms with Crippen molar-refractivity contribution < 1.29 is 4.52 Å². The summed E-state index contributed by atoms with van der Waals surface area (Å²) in [6.45, 7) is 0. The van der Waals surface area contributed by atoms with Gasteiger partial charge in [0.2, 0.25) is 11.7 Å². The number of aromatic nitrogens is 4. The lowest BCUT2D eigenvalue weighted by Gasteiger charge is -2.06. The highest BCUT2D eigenvalue weighted by Crippen LogP contribution is 2.34. The summed E-state index contributed by atoms with van der Waals surface area (Å²) >= 11 is 10.5. The van der Waals surface area contributed by atoms with Gasteiger partial charge in [0, 0.05) is 33.5 Å². The lowest BCUT2D eigenvalue weighted by Crippen LogP contribution is -2.19. The van der Waals surface area contributed by atoms with Crippen LogP contribution < -0.4 is 5.56 Å². The zero-order chi connectivity index (χ0) is 20.7. The molecule has 0 bridgehead atoms. The Morgan fingerprint density at radius 3 is 2.90 bits per heavy atom. The second kappa shape index (κ2) is 7.99. The van der Waals surface area contributed by atoms with Crippen molar-refractivity contribution in [2.45, 2.75) is 10.9 Å². The number of halogens is 1. The van der Waals surface area contributed by atoms with Crippen LogP contribution in [0, 0.1) is 0 Å². The quantitative estimate of drug-likeness (QED) is 0.240. The van der Waals surface area contributed by atoms with Gasteiger partial charge < -0.3 is 4.52 Å². The second-order valence-electron chi connectivity index (χ2n) is 6.38. The summed E-state index contributed by atoms with van der Waals surface area (Å²) in [6.07, 6.45) is 0. The molecule has 0 spiro atoms. The standard InChI is InChI=1S/C20H13ClN4O2S3/c1-25-19(26)16-13(14-6-3-7-28-14)9-29-18(16)23-20(25)30-10-15-22-17(24-27-15)11-4-2-5-12(21)8-11/h2-9H,10H2,1H3. The molecule has 0 aliphatic heterocycles. The minimum absolute atomic E-state index is 0.0581. The zero-order valence-corrected chi connectivity index (χ0v) is 18.7. The van der Waals surface area contributed by atoms with Crippen molar-refractivity contribution in [1.29, 1.82) is 0 Å². The first-order chi connectivity index (χ1) is 14.6. The molecule has 4 heterocycles. The first-order valence-electron chi connectivity index (χ1n) is 8.83. The van der Waals surface area contributed by atoms with Gasteiger partial charge in [-0.1, -0.05) is 46.7 Å². The summed E-state index contributed by atoms with van der Waals surface area (Å²) in [6, 6.07) is 11.3. The number of hydrogen-bond donors (Lipinski definition) is 0. The summed E-state index contributed by atoms with van der Waals surface area (Å²) in [5, 5.41) is 9.89. The predicted molar refractivity (Wildman–Crippen MR) is 122 cm³/mol. The molecular weight excluding hydrogens is 460 g/mol. The van der Waals surface area contributed by atoms with Gasteiger partial charge in [0.05, 0.1) is 11.1 Å². The van der Waals surface area contributed by atoms with Crippen LogP contribution in [-0.4, -0.2) is 19.7 Å². The summed E-state index contributed by atoms with van der Waals surface area (Å²) in [5.41, 5.74) is 1.67. The molecule has 0 atom stereocenters. The van der Waals surface area contributed by atoms with Crippen molar-refractivity contribution in [3.8, 4) is 21.8 Å². The minimum Gasteiger partial charge on any atom is -0.338 e. The normalized spacial score (nSPS) is 11.4. The van der Waals surface area contributed by atoms with Crippen LogP contribution in [0.4, 0.5) is 0 Å². The van der Waals surface area contributed by atoms with Gasteiger partial charge in [-0.3, -0.25) is 9.36 Å². The van der Waals surface area contributed by atoms with Gasteiger partial charge >= 0.3 is 0 Å². The van der Waals surface area contributed by atoms with Gasteiger partial charge in [0.1, 0.15) is 4.83 Å². The van der Waals surface area contributed by atoms with Gasteiger partial charge in [0.15, 0.2) is 5.16 Å². The van der Waals surface area contributed by atoms with Gasteiger partial charge in [-0.2, -0.15) is 4.98 Å². The van der Waals surface area contributed by atoms with Crippen molar-refractivity contribution in [2.24, 2.45) is 7.05 Å². The fraction of sp³-hybridized carbons (Fsp3) is 0.100. The van der Waals surface area contributed by atoms with E-state index in [1.807, 2.05) is 35.0 Å². The van der Waals surface area contributed by atoms with E-state index in [1.54, 1.807) is 35.1 Å². The number of benzene rings is 1. The van der Waals surface area contributed by atoms with Crippen LogP contribution in [0.3, 0.4) is 0 Å². The lowest BCUT2D eigenvalue weighted by molar-refractivity contribution is 0.391. The van der Waals surface area contributed by atoms with E-state index in [0.29, 0.717) is 33.0 Å². The third kappa shape index (κ3) is 3.58. The number of thiophene rings is 2. The van der Waals surface area contributed by atoms with Crippen LogP contribution >= 0.6 is 46.0 Å². The van der Waals surface area contributed by atoms with Gasteiger partial charge in [-0.25, -0.2) is 4.98 Å². The molecule has 0 aliphatic carbocycles. The highest BCUT2D eigenvalue weighted by atomic mass is 35.5. The largest absolute Gasteiger partial charge is 0.338 e. The molecule has 0 saturated carbocycles. The summed E-state index contributed by atoms with van der Waals surface area (Å²) in [7, 11) is 1.73. The van der Waals surface area contributed by atoms with Crippen LogP contribution in [0.1, 0.15) is 5.89 Å². The van der Waals surface area contributed by atoms with Crippen molar-refractivity contribution in [3.63, 3.8) is 0 Å². The zero-order valence-electron chi connectivity index (χ0n) is 15.5. The molecule has 0 N–H and O–H groups in total. The molecule has 5 rings (SSSR count). The van der Waals surface area contributed by atoms with Crippen LogP contribution in [0.2, 0.25) is 5.02 Å². The Morgan fingerprint density at radius 2 is 2.10 bits per heavy atom. The Labute approximate surface area is 188 Å². The predicted octanol–water partition coefficient (Wildman–Crippen LogP) is 5.72. The number of nitrogens with zero attached hydrogens (tertiary/aromatic N) is 4. The number of rotatable bonds is 5. The Kier molecular flexibility index (Phi) is 5.20. The fourth-order valence-electron chi connectivity index (χ4n) is 2.98. The molecule has 0 fully saturated rings. The molecule has 30 heavy (non-hydrogen) atoms. The molecule has 1 aromatic carbocycles. The molecule has 6 nitrogen and oxygen atoms in total. The van der Waals surface area contributed by atoms with Crippen LogP contribution in [0.25, 0.3) is 32.0 Å². The van der Waals surface area contributed by atoms with Crippen molar-refractivity contribution in [1.82, 2.24) is 19.7 Å². The Hall–Kier alpha value is -2.46. The molecule has 4 aromatic heterocycles. The molecule has 0 saturated heterocycles. The maximum atomic E-state index is 13.0. The number of hydrogen-bond acceptors (Lipinski definition) is 8. The molecule has 0 amide bonds. The summed E-state index contributed by atoms with van der Waals surface area (Å²) in [4.78, 5) is 23.9. The van der Waals surface area contributed by atoms with Gasteiger partial charge in [0.25, 0.3) is 5.56 Å². The first kappa shape index (κ1) is 19.5. The van der Waals surface area contributed by atoms with Gasteiger partial charge in [-0.05, 0) is 23.6 Å². The lowest BCUT2D eigenvalue weighted by atomic mass is 10.2. The monoisotopic (exact) mass is 472 g/mol.